The lowest BCUT2D eigenvalue weighted by atomic mass is 9.73. The van der Waals surface area contributed by atoms with Gasteiger partial charge in [-0.15, -0.1) is 0 Å². The summed E-state index contributed by atoms with van der Waals surface area (Å²) < 4.78 is 39.3. The van der Waals surface area contributed by atoms with Crippen LogP contribution in [0.3, 0.4) is 0 Å². The lowest BCUT2D eigenvalue weighted by Gasteiger charge is -2.42. The van der Waals surface area contributed by atoms with Crippen molar-refractivity contribution in [3.63, 3.8) is 0 Å². The van der Waals surface area contributed by atoms with Crippen LogP contribution in [0.25, 0.3) is 0 Å². The molecular weight excluding hydrogens is 512 g/mol. The van der Waals surface area contributed by atoms with Gasteiger partial charge in [0.15, 0.2) is 0 Å². The number of aryl methyl sites for hydroxylation is 1. The van der Waals surface area contributed by atoms with E-state index in [1.807, 2.05) is 18.2 Å². The topological polar surface area (TPSA) is 125 Å². The van der Waals surface area contributed by atoms with Gasteiger partial charge in [-0.05, 0) is 24.8 Å². The number of carbonyl (C=O) groups is 1. The molecule has 1 aromatic carbocycles. The Bertz CT molecular complexity index is 1300. The van der Waals surface area contributed by atoms with E-state index in [2.05, 4.69) is 27.1 Å². The monoisotopic (exact) mass is 546 g/mol. The van der Waals surface area contributed by atoms with Crippen LogP contribution in [-0.2, 0) is 37.5 Å². The SMILES string of the molecule is CN1C[C@@H](Nc2nc(N3CCC(CNS(C)(=O)=O)(c4ccccc4)CC3)nc3c2S(=O)CC3)CCC1=O. The summed E-state index contributed by atoms with van der Waals surface area (Å²) in [5.41, 5.74) is 1.62. The number of rotatable bonds is 7. The van der Waals surface area contributed by atoms with Gasteiger partial charge in [0.05, 0.1) is 22.7 Å². The highest BCUT2D eigenvalue weighted by molar-refractivity contribution is 7.88. The minimum absolute atomic E-state index is 0.0429. The number of carbonyl (C=O) groups excluding carboxylic acids is 1. The van der Waals surface area contributed by atoms with Gasteiger partial charge in [-0.3, -0.25) is 9.00 Å². The molecule has 2 aromatic rings. The average Bonchev–Trinajstić information content (AvgIpc) is 3.26. The van der Waals surface area contributed by atoms with Gasteiger partial charge in [0.1, 0.15) is 10.7 Å². The number of anilines is 2. The molecule has 4 heterocycles. The van der Waals surface area contributed by atoms with E-state index in [1.165, 1.54) is 6.26 Å². The second kappa shape index (κ2) is 10.3. The van der Waals surface area contributed by atoms with Crippen LogP contribution in [0.15, 0.2) is 35.2 Å². The minimum Gasteiger partial charge on any atom is -0.364 e. The second-order valence-corrected chi connectivity index (χ2v) is 13.7. The number of amides is 1. The molecule has 0 saturated carbocycles. The Morgan fingerprint density at radius 2 is 1.86 bits per heavy atom. The first kappa shape index (κ1) is 26.1. The van der Waals surface area contributed by atoms with Crippen molar-refractivity contribution < 1.29 is 17.4 Å². The Kier molecular flexibility index (Phi) is 7.25. The van der Waals surface area contributed by atoms with E-state index < -0.39 is 20.8 Å². The Morgan fingerprint density at radius 3 is 2.54 bits per heavy atom. The molecule has 200 valence electrons. The molecule has 2 atom stereocenters. The molecule has 1 aromatic heterocycles. The lowest BCUT2D eigenvalue weighted by Crippen LogP contribution is -2.49. The zero-order valence-electron chi connectivity index (χ0n) is 21.3. The number of likely N-dealkylation sites (tertiary alicyclic amines) is 1. The summed E-state index contributed by atoms with van der Waals surface area (Å²) in [6, 6.07) is 10.1. The molecule has 2 fully saturated rings. The molecule has 2 saturated heterocycles. The summed E-state index contributed by atoms with van der Waals surface area (Å²) in [7, 11) is -2.67. The summed E-state index contributed by atoms with van der Waals surface area (Å²) in [6.45, 7) is 2.26. The standard InChI is InChI=1S/C25H34N6O4S2/c1-30-16-19(8-9-21(30)32)27-23-22-20(10-15-36(22)33)28-24(29-23)31-13-11-25(12-14-31,17-26-37(2,34)35)18-6-4-3-5-7-18/h3-7,19,26H,8-17H2,1-2H3,(H,27,28,29)/t19-,36?/m0/s1. The summed E-state index contributed by atoms with van der Waals surface area (Å²) in [5, 5.41) is 3.48. The van der Waals surface area contributed by atoms with Gasteiger partial charge in [0, 0.05) is 63.3 Å². The predicted molar refractivity (Wildman–Crippen MR) is 144 cm³/mol. The van der Waals surface area contributed by atoms with Crippen molar-refractivity contribution in [2.75, 3.05) is 55.5 Å². The van der Waals surface area contributed by atoms with Crippen LogP contribution in [0.1, 0.15) is 36.9 Å². The van der Waals surface area contributed by atoms with Gasteiger partial charge in [0.25, 0.3) is 0 Å². The van der Waals surface area contributed by atoms with E-state index in [-0.39, 0.29) is 17.4 Å². The van der Waals surface area contributed by atoms with Crippen LogP contribution >= 0.6 is 0 Å². The Balaban J connectivity index is 1.38. The molecule has 1 amide bonds. The van der Waals surface area contributed by atoms with Gasteiger partial charge in [-0.2, -0.15) is 4.98 Å². The van der Waals surface area contributed by atoms with Gasteiger partial charge in [-0.1, -0.05) is 30.3 Å². The van der Waals surface area contributed by atoms with Crippen molar-refractivity contribution in [1.82, 2.24) is 19.6 Å². The number of aromatic nitrogens is 2. The van der Waals surface area contributed by atoms with Crippen molar-refractivity contribution in [3.05, 3.63) is 41.6 Å². The maximum atomic E-state index is 12.8. The first-order chi connectivity index (χ1) is 17.6. The quantitative estimate of drug-likeness (QED) is 0.532. The molecule has 37 heavy (non-hydrogen) atoms. The average molecular weight is 547 g/mol. The first-order valence-electron chi connectivity index (χ1n) is 12.7. The van der Waals surface area contributed by atoms with E-state index >= 15 is 0 Å². The molecule has 5 rings (SSSR count). The summed E-state index contributed by atoms with van der Waals surface area (Å²) in [6.07, 6.45) is 4.51. The molecule has 0 spiro atoms. The number of nitrogens with zero attached hydrogens (tertiary/aromatic N) is 4. The molecule has 1 unspecified atom stereocenters. The van der Waals surface area contributed by atoms with Crippen molar-refractivity contribution >= 4 is 38.5 Å². The fourth-order valence-electron chi connectivity index (χ4n) is 5.51. The van der Waals surface area contributed by atoms with Crippen LogP contribution < -0.4 is 14.9 Å². The third kappa shape index (κ3) is 5.65. The molecule has 3 aliphatic heterocycles. The Hall–Kier alpha value is -2.57. The summed E-state index contributed by atoms with van der Waals surface area (Å²) in [4.78, 5) is 26.2. The van der Waals surface area contributed by atoms with E-state index in [4.69, 9.17) is 9.97 Å². The van der Waals surface area contributed by atoms with Crippen LogP contribution in [-0.4, -0.2) is 84.7 Å². The smallest absolute Gasteiger partial charge is 0.227 e. The third-order valence-corrected chi connectivity index (χ3v) is 9.83. The number of benzene rings is 1. The van der Waals surface area contributed by atoms with Crippen LogP contribution in [0.2, 0.25) is 0 Å². The van der Waals surface area contributed by atoms with Crippen molar-refractivity contribution in [2.24, 2.45) is 0 Å². The van der Waals surface area contributed by atoms with Crippen molar-refractivity contribution in [3.8, 4) is 0 Å². The maximum absolute atomic E-state index is 12.8. The normalized spacial score (nSPS) is 23.7. The van der Waals surface area contributed by atoms with Gasteiger partial charge in [-0.25, -0.2) is 18.1 Å². The highest BCUT2D eigenvalue weighted by Gasteiger charge is 2.38. The van der Waals surface area contributed by atoms with E-state index in [0.29, 0.717) is 67.9 Å². The molecule has 0 radical (unpaired) electrons. The fourth-order valence-corrected chi connectivity index (χ4v) is 7.36. The van der Waals surface area contributed by atoms with Crippen LogP contribution in [0, 0.1) is 0 Å². The Labute approximate surface area is 220 Å². The van der Waals surface area contributed by atoms with Gasteiger partial charge in [0.2, 0.25) is 21.9 Å². The maximum Gasteiger partial charge on any atom is 0.227 e. The molecule has 0 bridgehead atoms. The largest absolute Gasteiger partial charge is 0.364 e. The number of likely N-dealkylation sites (N-methyl/N-ethyl adjacent to an activating group) is 1. The van der Waals surface area contributed by atoms with Gasteiger partial charge >= 0.3 is 0 Å². The Morgan fingerprint density at radius 1 is 1.14 bits per heavy atom. The van der Waals surface area contributed by atoms with E-state index in [9.17, 15) is 17.4 Å². The molecule has 2 N–H and O–H groups in total. The number of sulfonamides is 1. The zero-order chi connectivity index (χ0) is 26.2. The number of piperidine rings is 2. The lowest BCUT2D eigenvalue weighted by molar-refractivity contribution is -0.132. The highest BCUT2D eigenvalue weighted by atomic mass is 32.2. The molecule has 3 aliphatic rings. The predicted octanol–water partition coefficient (Wildman–Crippen LogP) is 1.26. The summed E-state index contributed by atoms with van der Waals surface area (Å²) in [5.74, 6) is 1.90. The molecule has 10 nitrogen and oxygen atoms in total. The molecule has 12 heteroatoms. The van der Waals surface area contributed by atoms with Crippen LogP contribution in [0.5, 0.6) is 0 Å². The van der Waals surface area contributed by atoms with E-state index in [1.54, 1.807) is 11.9 Å². The van der Waals surface area contributed by atoms with Crippen molar-refractivity contribution in [1.29, 1.82) is 0 Å². The minimum atomic E-state index is -3.32. The van der Waals surface area contributed by atoms with Crippen LogP contribution in [0.4, 0.5) is 11.8 Å². The van der Waals surface area contributed by atoms with Crippen molar-refractivity contribution in [2.45, 2.75) is 48.5 Å². The number of hydrogen-bond acceptors (Lipinski definition) is 8. The number of nitrogens with one attached hydrogen (secondary N) is 2. The molecule has 0 aliphatic carbocycles. The van der Waals surface area contributed by atoms with Gasteiger partial charge < -0.3 is 15.1 Å². The molecular formula is C25H34N6O4S2. The zero-order valence-corrected chi connectivity index (χ0v) is 22.9. The highest BCUT2D eigenvalue weighted by Crippen LogP contribution is 2.37. The number of hydrogen-bond donors (Lipinski definition) is 2. The van der Waals surface area contributed by atoms with E-state index in [0.717, 1.165) is 24.1 Å². The third-order valence-electron chi connectivity index (χ3n) is 7.71. The number of fused-ring (bicyclic) bond motifs is 1. The first-order valence-corrected chi connectivity index (χ1v) is 15.9. The second-order valence-electron chi connectivity index (χ2n) is 10.3. The fraction of sp³-hybridized carbons (Fsp3) is 0.560. The summed E-state index contributed by atoms with van der Waals surface area (Å²) >= 11 is 0.